The summed E-state index contributed by atoms with van der Waals surface area (Å²) in [5.41, 5.74) is 1.80. The second-order valence-electron chi connectivity index (χ2n) is 6.88. The molecule has 0 atom stereocenters. The minimum atomic E-state index is -4.42. The van der Waals surface area contributed by atoms with E-state index in [1.807, 2.05) is 43.3 Å². The van der Waals surface area contributed by atoms with Crippen molar-refractivity contribution in [2.75, 3.05) is 24.3 Å². The fraction of sp³-hybridized carbons (Fsp3) is 0.182. The van der Waals surface area contributed by atoms with Crippen LogP contribution in [0, 0.1) is 0 Å². The summed E-state index contributed by atoms with van der Waals surface area (Å²) in [5, 5.41) is 5.79. The number of pyridine rings is 1. The number of carbonyl (C=O) groups excluding carboxylic acids is 1. The number of benzene rings is 2. The van der Waals surface area contributed by atoms with Crippen LogP contribution in [0.1, 0.15) is 21.5 Å². The quantitative estimate of drug-likeness (QED) is 0.606. The van der Waals surface area contributed by atoms with Gasteiger partial charge < -0.3 is 15.5 Å². The highest BCUT2D eigenvalue weighted by Gasteiger charge is 2.30. The van der Waals surface area contributed by atoms with E-state index < -0.39 is 17.6 Å². The molecular weight excluding hydrogens is 393 g/mol. The van der Waals surface area contributed by atoms with Crippen molar-refractivity contribution in [3.05, 3.63) is 83.6 Å². The van der Waals surface area contributed by atoms with Gasteiger partial charge in [0, 0.05) is 43.8 Å². The van der Waals surface area contributed by atoms with Gasteiger partial charge in [0.1, 0.15) is 5.82 Å². The zero-order valence-electron chi connectivity index (χ0n) is 16.5. The van der Waals surface area contributed by atoms with Gasteiger partial charge in [-0.15, -0.1) is 0 Å². The lowest BCUT2D eigenvalue weighted by Gasteiger charge is -2.14. The number of nitrogens with one attached hydrogen (secondary N) is 2. The summed E-state index contributed by atoms with van der Waals surface area (Å²) in [5.74, 6) is 0.0810. The maximum absolute atomic E-state index is 12.8. The lowest BCUT2D eigenvalue weighted by Crippen LogP contribution is -2.23. The minimum Gasteiger partial charge on any atom is -0.378 e. The van der Waals surface area contributed by atoms with E-state index in [0.29, 0.717) is 16.9 Å². The van der Waals surface area contributed by atoms with Crippen molar-refractivity contribution in [1.82, 2.24) is 10.3 Å². The van der Waals surface area contributed by atoms with Gasteiger partial charge >= 0.3 is 6.18 Å². The fourth-order valence-corrected chi connectivity index (χ4v) is 2.79. The van der Waals surface area contributed by atoms with E-state index in [4.69, 9.17) is 0 Å². The molecule has 156 valence electrons. The molecule has 0 spiro atoms. The van der Waals surface area contributed by atoms with Crippen LogP contribution in [0.5, 0.6) is 0 Å². The van der Waals surface area contributed by atoms with Crippen molar-refractivity contribution in [2.45, 2.75) is 12.7 Å². The largest absolute Gasteiger partial charge is 0.416 e. The molecule has 3 aromatic rings. The van der Waals surface area contributed by atoms with Gasteiger partial charge in [0.2, 0.25) is 0 Å². The lowest BCUT2D eigenvalue weighted by atomic mass is 10.1. The summed E-state index contributed by atoms with van der Waals surface area (Å²) in [6, 6.07) is 15.7. The predicted octanol–water partition coefficient (Wildman–Crippen LogP) is 4.84. The second-order valence-corrected chi connectivity index (χ2v) is 6.88. The molecule has 3 rings (SSSR count). The Labute approximate surface area is 172 Å². The summed E-state index contributed by atoms with van der Waals surface area (Å²) in [6.45, 7) is -0.0152. The molecule has 2 aromatic carbocycles. The molecular formula is C22H21F3N4O. The third kappa shape index (κ3) is 5.50. The van der Waals surface area contributed by atoms with Crippen LogP contribution in [0.25, 0.3) is 0 Å². The van der Waals surface area contributed by atoms with Crippen LogP contribution in [-0.2, 0) is 12.7 Å². The van der Waals surface area contributed by atoms with Gasteiger partial charge in [0.05, 0.1) is 5.56 Å². The minimum absolute atomic E-state index is 0.0152. The number of hydrogen-bond donors (Lipinski definition) is 2. The number of amides is 1. The van der Waals surface area contributed by atoms with Crippen LogP contribution in [0.3, 0.4) is 0 Å². The van der Waals surface area contributed by atoms with Crippen LogP contribution >= 0.6 is 0 Å². The van der Waals surface area contributed by atoms with Gasteiger partial charge in [-0.25, -0.2) is 4.98 Å². The van der Waals surface area contributed by atoms with Gasteiger partial charge in [-0.1, -0.05) is 18.2 Å². The average Bonchev–Trinajstić information content (AvgIpc) is 2.72. The van der Waals surface area contributed by atoms with Gasteiger partial charge in [-0.2, -0.15) is 13.2 Å². The summed E-state index contributed by atoms with van der Waals surface area (Å²) in [7, 11) is 3.87. The van der Waals surface area contributed by atoms with E-state index in [2.05, 4.69) is 15.6 Å². The molecule has 0 unspecified atom stereocenters. The predicted molar refractivity (Wildman–Crippen MR) is 111 cm³/mol. The van der Waals surface area contributed by atoms with Gasteiger partial charge in [0.15, 0.2) is 0 Å². The molecule has 0 radical (unpaired) electrons. The smallest absolute Gasteiger partial charge is 0.378 e. The fourth-order valence-electron chi connectivity index (χ4n) is 2.79. The van der Waals surface area contributed by atoms with Gasteiger partial charge in [-0.05, 0) is 48.0 Å². The van der Waals surface area contributed by atoms with Crippen molar-refractivity contribution in [3.8, 4) is 0 Å². The Morgan fingerprint density at radius 3 is 2.53 bits per heavy atom. The Morgan fingerprint density at radius 2 is 1.80 bits per heavy atom. The molecule has 0 fully saturated rings. The molecule has 0 aliphatic heterocycles. The second kappa shape index (κ2) is 8.86. The number of alkyl halides is 3. The zero-order valence-corrected chi connectivity index (χ0v) is 16.5. The summed E-state index contributed by atoms with van der Waals surface area (Å²) in [4.78, 5) is 18.6. The number of halogens is 3. The van der Waals surface area contributed by atoms with E-state index in [-0.39, 0.29) is 6.54 Å². The molecule has 1 heterocycles. The molecule has 5 nitrogen and oxygen atoms in total. The van der Waals surface area contributed by atoms with Gasteiger partial charge in [-0.3, -0.25) is 4.79 Å². The standard InChI is InChI=1S/C22H21F3N4O/c1-29(2)19-8-4-7-18(13-19)28-20-12-16(9-10-26-20)21(30)27-14-15-5-3-6-17(11-15)22(23,24)25/h3-13H,14H2,1-2H3,(H,26,28)(H,27,30). The number of aromatic nitrogens is 1. The average molecular weight is 414 g/mol. The van der Waals surface area contributed by atoms with Crippen LogP contribution < -0.4 is 15.5 Å². The van der Waals surface area contributed by atoms with Crippen molar-refractivity contribution in [2.24, 2.45) is 0 Å². The van der Waals surface area contributed by atoms with E-state index in [0.717, 1.165) is 23.5 Å². The van der Waals surface area contributed by atoms with Crippen molar-refractivity contribution >= 4 is 23.1 Å². The SMILES string of the molecule is CN(C)c1cccc(Nc2cc(C(=O)NCc3cccc(C(F)(F)F)c3)ccn2)c1. The molecule has 8 heteroatoms. The highest BCUT2D eigenvalue weighted by Crippen LogP contribution is 2.29. The molecule has 0 bridgehead atoms. The number of anilines is 3. The first-order valence-electron chi connectivity index (χ1n) is 9.17. The van der Waals surface area contributed by atoms with Gasteiger partial charge in [0.25, 0.3) is 5.91 Å². The zero-order chi connectivity index (χ0) is 21.7. The summed E-state index contributed by atoms with van der Waals surface area (Å²) >= 11 is 0. The highest BCUT2D eigenvalue weighted by molar-refractivity contribution is 5.94. The highest BCUT2D eigenvalue weighted by atomic mass is 19.4. The molecule has 0 saturated carbocycles. The van der Waals surface area contributed by atoms with Crippen molar-refractivity contribution < 1.29 is 18.0 Å². The topological polar surface area (TPSA) is 57.3 Å². The third-order valence-electron chi connectivity index (χ3n) is 4.36. The Morgan fingerprint density at radius 1 is 1.03 bits per heavy atom. The van der Waals surface area contributed by atoms with Crippen LogP contribution in [-0.4, -0.2) is 25.0 Å². The van der Waals surface area contributed by atoms with Crippen molar-refractivity contribution in [1.29, 1.82) is 0 Å². The molecule has 1 aromatic heterocycles. The van der Waals surface area contributed by atoms with Crippen LogP contribution in [0.15, 0.2) is 66.9 Å². The first-order chi connectivity index (χ1) is 14.2. The normalized spacial score (nSPS) is 11.1. The Bertz CT molecular complexity index is 1030. The van der Waals surface area contributed by atoms with Crippen LogP contribution in [0.4, 0.5) is 30.4 Å². The molecule has 2 N–H and O–H groups in total. The maximum Gasteiger partial charge on any atom is 0.416 e. The van der Waals surface area contributed by atoms with E-state index in [9.17, 15) is 18.0 Å². The molecule has 0 saturated heterocycles. The van der Waals surface area contributed by atoms with E-state index >= 15 is 0 Å². The monoisotopic (exact) mass is 414 g/mol. The Hall–Kier alpha value is -3.55. The maximum atomic E-state index is 12.8. The first kappa shape index (κ1) is 21.2. The van der Waals surface area contributed by atoms with E-state index in [1.165, 1.54) is 18.3 Å². The summed E-state index contributed by atoms with van der Waals surface area (Å²) in [6.07, 6.45) is -2.92. The molecule has 0 aliphatic rings. The molecule has 30 heavy (non-hydrogen) atoms. The number of carbonyl (C=O) groups is 1. The summed E-state index contributed by atoms with van der Waals surface area (Å²) < 4.78 is 38.5. The number of nitrogens with zero attached hydrogens (tertiary/aromatic N) is 2. The van der Waals surface area contributed by atoms with E-state index in [1.54, 1.807) is 12.1 Å². The number of hydrogen-bond acceptors (Lipinski definition) is 4. The Kier molecular flexibility index (Phi) is 6.25. The third-order valence-corrected chi connectivity index (χ3v) is 4.36. The number of rotatable bonds is 6. The Balaban J connectivity index is 1.67. The first-order valence-corrected chi connectivity index (χ1v) is 9.17. The molecule has 0 aliphatic carbocycles. The van der Waals surface area contributed by atoms with Crippen LogP contribution in [0.2, 0.25) is 0 Å². The lowest BCUT2D eigenvalue weighted by molar-refractivity contribution is -0.137. The molecule has 1 amide bonds. The van der Waals surface area contributed by atoms with Crippen molar-refractivity contribution in [3.63, 3.8) is 0 Å².